The highest BCUT2D eigenvalue weighted by atomic mass is 16.6. The molecule has 2 aromatic carbocycles. The average Bonchev–Trinajstić information content (AvgIpc) is 2.73. The van der Waals surface area contributed by atoms with Crippen LogP contribution in [-0.2, 0) is 27.3 Å². The molecule has 2 N–H and O–H groups in total. The van der Waals surface area contributed by atoms with Crippen LogP contribution < -0.4 is 15.0 Å². The Morgan fingerprint density at radius 2 is 1.88 bits per heavy atom. The Morgan fingerprint density at radius 1 is 1.15 bits per heavy atom. The average molecular weight is 455 g/mol. The molecule has 3 rings (SSSR count). The fourth-order valence-electron chi connectivity index (χ4n) is 3.68. The van der Waals surface area contributed by atoms with Gasteiger partial charge in [-0.3, -0.25) is 9.59 Å². The van der Waals surface area contributed by atoms with Gasteiger partial charge in [-0.05, 0) is 44.4 Å². The zero-order valence-corrected chi connectivity index (χ0v) is 19.2. The summed E-state index contributed by atoms with van der Waals surface area (Å²) in [6.07, 6.45) is -0.356. The first-order valence-electron chi connectivity index (χ1n) is 10.9. The van der Waals surface area contributed by atoms with Crippen LogP contribution >= 0.6 is 0 Å². The second kappa shape index (κ2) is 10.4. The van der Waals surface area contributed by atoms with E-state index in [1.165, 1.54) is 0 Å². The van der Waals surface area contributed by atoms with E-state index < -0.39 is 23.6 Å². The molecule has 0 aliphatic carbocycles. The van der Waals surface area contributed by atoms with Crippen molar-refractivity contribution in [3.8, 4) is 5.75 Å². The molecule has 1 atom stereocenters. The molecule has 1 heterocycles. The van der Waals surface area contributed by atoms with Crippen molar-refractivity contribution in [2.24, 2.45) is 5.92 Å². The number of carboxylic acid groups (broad SMARTS) is 1. The maximum Gasteiger partial charge on any atom is 0.407 e. The first kappa shape index (κ1) is 24.1. The van der Waals surface area contributed by atoms with Crippen molar-refractivity contribution in [2.75, 3.05) is 18.1 Å². The number of anilines is 1. The number of hydrogen-bond donors (Lipinski definition) is 2. The third-order valence-electron chi connectivity index (χ3n) is 5.07. The van der Waals surface area contributed by atoms with E-state index in [4.69, 9.17) is 9.47 Å². The summed E-state index contributed by atoms with van der Waals surface area (Å²) >= 11 is 0. The molecule has 0 spiro atoms. The molecule has 1 unspecified atom stereocenters. The fraction of sp³-hybridized carbons (Fsp3) is 0.400. The quantitative estimate of drug-likeness (QED) is 0.589. The number of nitrogens with zero attached hydrogens (tertiary/aromatic N) is 1. The third kappa shape index (κ3) is 6.97. The van der Waals surface area contributed by atoms with Gasteiger partial charge in [0.1, 0.15) is 18.0 Å². The Hall–Kier alpha value is -3.55. The first-order chi connectivity index (χ1) is 15.6. The molecule has 0 fully saturated rings. The SMILES string of the molecule is CC(C)(C)OC(=O)NCCOc1ccc2c(c1)N(Cc1ccccc1)C(=O)C(CC(=O)O)C2. The Labute approximate surface area is 193 Å². The second-order valence-electron chi connectivity index (χ2n) is 8.98. The van der Waals surface area contributed by atoms with Crippen molar-refractivity contribution in [3.63, 3.8) is 0 Å². The highest BCUT2D eigenvalue weighted by Crippen LogP contribution is 2.36. The Balaban J connectivity index is 1.72. The van der Waals surface area contributed by atoms with Gasteiger partial charge < -0.3 is 24.8 Å². The number of benzene rings is 2. The van der Waals surface area contributed by atoms with Gasteiger partial charge in [-0.25, -0.2) is 4.79 Å². The minimum absolute atomic E-state index is 0.210. The number of carbonyl (C=O) groups excluding carboxylic acids is 2. The van der Waals surface area contributed by atoms with Gasteiger partial charge in [0, 0.05) is 6.07 Å². The minimum atomic E-state index is -0.992. The summed E-state index contributed by atoms with van der Waals surface area (Å²) in [4.78, 5) is 37.8. The fourth-order valence-corrected chi connectivity index (χ4v) is 3.68. The number of alkyl carbamates (subject to hydrolysis) is 1. The highest BCUT2D eigenvalue weighted by molar-refractivity contribution is 5.99. The van der Waals surface area contributed by atoms with Crippen LogP contribution in [0.15, 0.2) is 48.5 Å². The first-order valence-corrected chi connectivity index (χ1v) is 10.9. The van der Waals surface area contributed by atoms with E-state index in [2.05, 4.69) is 5.32 Å². The van der Waals surface area contributed by atoms with E-state index >= 15 is 0 Å². The van der Waals surface area contributed by atoms with Crippen molar-refractivity contribution >= 4 is 23.7 Å². The number of aliphatic carboxylic acids is 1. The van der Waals surface area contributed by atoms with Crippen molar-refractivity contribution in [2.45, 2.75) is 45.8 Å². The largest absolute Gasteiger partial charge is 0.492 e. The van der Waals surface area contributed by atoms with Gasteiger partial charge in [0.2, 0.25) is 5.91 Å². The Bertz CT molecular complexity index is 1000. The van der Waals surface area contributed by atoms with Crippen LogP contribution in [0, 0.1) is 5.92 Å². The number of fused-ring (bicyclic) bond motifs is 1. The van der Waals surface area contributed by atoms with E-state index in [0.717, 1.165) is 11.1 Å². The van der Waals surface area contributed by atoms with E-state index in [1.807, 2.05) is 36.4 Å². The predicted molar refractivity (Wildman–Crippen MR) is 123 cm³/mol. The summed E-state index contributed by atoms with van der Waals surface area (Å²) in [5.74, 6) is -1.25. The number of rotatable bonds is 8. The van der Waals surface area contributed by atoms with E-state index in [-0.39, 0.29) is 25.5 Å². The topological polar surface area (TPSA) is 105 Å². The number of ether oxygens (including phenoxy) is 2. The molecule has 2 amide bonds. The molecule has 176 valence electrons. The monoisotopic (exact) mass is 454 g/mol. The standard InChI is InChI=1S/C25H30N2O6/c1-25(2,3)33-24(31)26-11-12-32-20-10-9-18-13-19(14-22(28)29)23(30)27(21(18)15-20)16-17-7-5-4-6-8-17/h4-10,15,19H,11-14,16H2,1-3H3,(H,26,31)(H,28,29). The van der Waals surface area contributed by atoms with E-state index in [1.54, 1.807) is 37.8 Å². The molecule has 0 saturated heterocycles. The second-order valence-corrected chi connectivity index (χ2v) is 8.98. The van der Waals surface area contributed by atoms with Gasteiger partial charge in [-0.15, -0.1) is 0 Å². The van der Waals surface area contributed by atoms with Gasteiger partial charge >= 0.3 is 12.1 Å². The molecule has 0 saturated carbocycles. The van der Waals surface area contributed by atoms with Crippen LogP contribution in [0.3, 0.4) is 0 Å². The van der Waals surface area contributed by atoms with E-state index in [0.29, 0.717) is 24.4 Å². The molecule has 0 radical (unpaired) electrons. The van der Waals surface area contributed by atoms with Crippen LogP contribution in [0.5, 0.6) is 5.75 Å². The lowest BCUT2D eigenvalue weighted by Gasteiger charge is -2.34. The Morgan fingerprint density at radius 3 is 2.55 bits per heavy atom. The summed E-state index contributed by atoms with van der Waals surface area (Å²) < 4.78 is 11.0. The smallest absolute Gasteiger partial charge is 0.407 e. The number of carbonyl (C=O) groups is 3. The van der Waals surface area contributed by atoms with Crippen LogP contribution in [0.1, 0.15) is 38.3 Å². The van der Waals surface area contributed by atoms with Gasteiger partial charge in [0.25, 0.3) is 0 Å². The zero-order chi connectivity index (χ0) is 24.0. The number of nitrogens with one attached hydrogen (secondary N) is 1. The molecule has 8 nitrogen and oxygen atoms in total. The molecule has 33 heavy (non-hydrogen) atoms. The molecular formula is C25H30N2O6. The third-order valence-corrected chi connectivity index (χ3v) is 5.07. The van der Waals surface area contributed by atoms with Crippen LogP contribution in [0.25, 0.3) is 0 Å². The summed E-state index contributed by atoms with van der Waals surface area (Å²) in [5, 5.41) is 11.9. The molecular weight excluding hydrogens is 424 g/mol. The van der Waals surface area contributed by atoms with Gasteiger partial charge in [0.05, 0.1) is 31.1 Å². The van der Waals surface area contributed by atoms with Crippen molar-refractivity contribution in [3.05, 3.63) is 59.7 Å². The van der Waals surface area contributed by atoms with Crippen molar-refractivity contribution < 1.29 is 29.0 Å². The van der Waals surface area contributed by atoms with Crippen molar-refractivity contribution in [1.29, 1.82) is 0 Å². The van der Waals surface area contributed by atoms with Crippen LogP contribution in [-0.4, -0.2) is 41.8 Å². The lowest BCUT2D eigenvalue weighted by Crippen LogP contribution is -2.41. The zero-order valence-electron chi connectivity index (χ0n) is 19.2. The highest BCUT2D eigenvalue weighted by Gasteiger charge is 2.34. The summed E-state index contributed by atoms with van der Waals surface area (Å²) in [7, 11) is 0. The summed E-state index contributed by atoms with van der Waals surface area (Å²) in [6, 6.07) is 15.0. The molecule has 8 heteroatoms. The van der Waals surface area contributed by atoms with Gasteiger partial charge in [0.15, 0.2) is 0 Å². The lowest BCUT2D eigenvalue weighted by atomic mass is 9.89. The van der Waals surface area contributed by atoms with Crippen molar-refractivity contribution in [1.82, 2.24) is 5.32 Å². The molecule has 1 aliphatic heterocycles. The lowest BCUT2D eigenvalue weighted by molar-refractivity contribution is -0.140. The predicted octanol–water partition coefficient (Wildman–Crippen LogP) is 3.77. The summed E-state index contributed by atoms with van der Waals surface area (Å²) in [5.41, 5.74) is 1.98. The van der Waals surface area contributed by atoms with Gasteiger partial charge in [-0.1, -0.05) is 36.4 Å². The Kier molecular flexibility index (Phi) is 7.58. The summed E-state index contributed by atoms with van der Waals surface area (Å²) in [6.45, 7) is 6.21. The number of carboxylic acids is 1. The van der Waals surface area contributed by atoms with Gasteiger partial charge in [-0.2, -0.15) is 0 Å². The minimum Gasteiger partial charge on any atom is -0.492 e. The number of amides is 2. The normalized spacial score (nSPS) is 15.5. The maximum atomic E-state index is 13.1. The van der Waals surface area contributed by atoms with E-state index in [9.17, 15) is 19.5 Å². The molecule has 0 aromatic heterocycles. The molecule has 0 bridgehead atoms. The molecule has 1 aliphatic rings. The number of hydrogen-bond acceptors (Lipinski definition) is 5. The van der Waals surface area contributed by atoms with Crippen LogP contribution in [0.4, 0.5) is 10.5 Å². The van der Waals surface area contributed by atoms with Crippen LogP contribution in [0.2, 0.25) is 0 Å². The maximum absolute atomic E-state index is 13.1. The molecule has 2 aromatic rings.